The Morgan fingerprint density at radius 1 is 0.444 bits per heavy atom. The molecule has 0 saturated carbocycles. The van der Waals surface area contributed by atoms with Crippen LogP contribution in [-0.2, 0) is 0 Å². The first-order chi connectivity index (χ1) is 13.2. The maximum absolute atomic E-state index is 10.5. The van der Waals surface area contributed by atoms with Gasteiger partial charge in [-0.05, 0) is 45.5 Å². The molecule has 0 heterocycles. The van der Waals surface area contributed by atoms with Crippen molar-refractivity contribution in [2.24, 2.45) is 0 Å². The molecule has 0 bridgehead atoms. The first-order valence-electron chi connectivity index (χ1n) is 8.93. The molecular weight excluding hydrogens is 332 g/mol. The van der Waals surface area contributed by atoms with Crippen LogP contribution in [0.2, 0.25) is 0 Å². The summed E-state index contributed by atoms with van der Waals surface area (Å²) in [6, 6.07) is 33.2. The topological polar surface area (TPSA) is 40.5 Å². The number of benzene rings is 4. The van der Waals surface area contributed by atoms with E-state index in [2.05, 4.69) is 24.3 Å². The lowest BCUT2D eigenvalue weighted by Crippen LogP contribution is -1.98. The fraction of sp³-hybridized carbons (Fsp3) is 0.0400. The van der Waals surface area contributed by atoms with E-state index in [9.17, 15) is 10.2 Å². The minimum atomic E-state index is -0.614. The largest absolute Gasteiger partial charge is 0.508 e. The molecule has 132 valence electrons. The van der Waals surface area contributed by atoms with E-state index < -0.39 is 6.10 Å². The van der Waals surface area contributed by atoms with E-state index in [4.69, 9.17) is 0 Å². The van der Waals surface area contributed by atoms with Gasteiger partial charge in [-0.3, -0.25) is 0 Å². The van der Waals surface area contributed by atoms with Gasteiger partial charge in [-0.15, -0.1) is 0 Å². The smallest absolute Gasteiger partial charge is 0.115 e. The minimum Gasteiger partial charge on any atom is -0.508 e. The Hall–Kier alpha value is -3.36. The maximum atomic E-state index is 10.5. The molecule has 4 rings (SSSR count). The molecule has 27 heavy (non-hydrogen) atoms. The Morgan fingerprint density at radius 3 is 1.30 bits per heavy atom. The quantitative estimate of drug-likeness (QED) is 0.487. The van der Waals surface area contributed by atoms with Crippen LogP contribution in [0, 0.1) is 0 Å². The summed E-state index contributed by atoms with van der Waals surface area (Å²) in [7, 11) is 0. The lowest BCUT2D eigenvalue weighted by atomic mass is 9.97. The van der Waals surface area contributed by atoms with Gasteiger partial charge in [-0.1, -0.05) is 91.0 Å². The fourth-order valence-electron chi connectivity index (χ4n) is 3.19. The van der Waals surface area contributed by atoms with Crippen LogP contribution >= 0.6 is 0 Å². The average Bonchev–Trinajstić information content (AvgIpc) is 2.75. The SMILES string of the molecule is Oc1ccc(-c2ccc(-c3ccc(C(O)c4ccccc4)cc3)cc2)cc1. The number of phenolic OH excluding ortho intramolecular Hbond substituents is 1. The summed E-state index contributed by atoms with van der Waals surface area (Å²) in [5.41, 5.74) is 6.18. The van der Waals surface area contributed by atoms with Gasteiger partial charge in [0.25, 0.3) is 0 Å². The molecule has 0 aliphatic heterocycles. The number of aliphatic hydroxyl groups is 1. The molecule has 0 radical (unpaired) electrons. The Kier molecular flexibility index (Phi) is 4.73. The van der Waals surface area contributed by atoms with Crippen LogP contribution in [0.1, 0.15) is 17.2 Å². The van der Waals surface area contributed by atoms with Crippen LogP contribution in [0.5, 0.6) is 5.75 Å². The third-order valence-electron chi connectivity index (χ3n) is 4.76. The second kappa shape index (κ2) is 7.48. The lowest BCUT2D eigenvalue weighted by Gasteiger charge is -2.12. The molecule has 2 nitrogen and oxygen atoms in total. The number of hydrogen-bond donors (Lipinski definition) is 2. The number of hydrogen-bond acceptors (Lipinski definition) is 2. The summed E-state index contributed by atoms with van der Waals surface area (Å²) in [5, 5.41) is 19.9. The van der Waals surface area contributed by atoms with Crippen LogP contribution in [-0.4, -0.2) is 10.2 Å². The van der Waals surface area contributed by atoms with Gasteiger partial charge in [0.2, 0.25) is 0 Å². The van der Waals surface area contributed by atoms with Crippen molar-refractivity contribution >= 4 is 0 Å². The molecule has 0 saturated heterocycles. The average molecular weight is 352 g/mol. The zero-order valence-corrected chi connectivity index (χ0v) is 14.8. The molecule has 2 heteroatoms. The summed E-state index contributed by atoms with van der Waals surface area (Å²) < 4.78 is 0. The highest BCUT2D eigenvalue weighted by Crippen LogP contribution is 2.28. The number of aliphatic hydroxyl groups excluding tert-OH is 1. The van der Waals surface area contributed by atoms with Gasteiger partial charge in [0.15, 0.2) is 0 Å². The second-order valence-corrected chi connectivity index (χ2v) is 6.56. The van der Waals surface area contributed by atoms with Gasteiger partial charge in [0, 0.05) is 0 Å². The highest BCUT2D eigenvalue weighted by molar-refractivity contribution is 5.70. The highest BCUT2D eigenvalue weighted by Gasteiger charge is 2.10. The molecule has 1 unspecified atom stereocenters. The Bertz CT molecular complexity index is 1000. The molecular formula is C25H20O2. The zero-order chi connectivity index (χ0) is 18.6. The van der Waals surface area contributed by atoms with Gasteiger partial charge in [-0.25, -0.2) is 0 Å². The molecule has 0 amide bonds. The summed E-state index contributed by atoms with van der Waals surface area (Å²) in [6.07, 6.45) is -0.614. The third-order valence-corrected chi connectivity index (χ3v) is 4.76. The zero-order valence-electron chi connectivity index (χ0n) is 14.8. The molecule has 4 aromatic rings. The Balaban J connectivity index is 1.54. The van der Waals surface area contributed by atoms with Crippen molar-refractivity contribution in [1.82, 2.24) is 0 Å². The van der Waals surface area contributed by atoms with E-state index >= 15 is 0 Å². The first-order valence-corrected chi connectivity index (χ1v) is 8.93. The molecule has 0 fully saturated rings. The Morgan fingerprint density at radius 2 is 0.815 bits per heavy atom. The summed E-state index contributed by atoms with van der Waals surface area (Å²) in [5.74, 6) is 0.271. The van der Waals surface area contributed by atoms with Crippen molar-refractivity contribution in [2.75, 3.05) is 0 Å². The van der Waals surface area contributed by atoms with Crippen LogP contribution in [0.15, 0.2) is 103 Å². The van der Waals surface area contributed by atoms with Crippen molar-refractivity contribution in [1.29, 1.82) is 0 Å². The predicted octanol–water partition coefficient (Wildman–Crippen LogP) is 5.81. The number of aromatic hydroxyl groups is 1. The third kappa shape index (κ3) is 3.76. The molecule has 0 aliphatic carbocycles. The van der Waals surface area contributed by atoms with Crippen molar-refractivity contribution in [2.45, 2.75) is 6.10 Å². The van der Waals surface area contributed by atoms with E-state index in [1.165, 1.54) is 0 Å². The minimum absolute atomic E-state index is 0.271. The van der Waals surface area contributed by atoms with E-state index in [-0.39, 0.29) is 5.75 Å². The van der Waals surface area contributed by atoms with Gasteiger partial charge < -0.3 is 10.2 Å². The second-order valence-electron chi connectivity index (χ2n) is 6.56. The highest BCUT2D eigenvalue weighted by atomic mass is 16.3. The summed E-state index contributed by atoms with van der Waals surface area (Å²) >= 11 is 0. The molecule has 0 aromatic heterocycles. The predicted molar refractivity (Wildman–Crippen MR) is 109 cm³/mol. The lowest BCUT2D eigenvalue weighted by molar-refractivity contribution is 0.220. The maximum Gasteiger partial charge on any atom is 0.115 e. The normalized spacial score (nSPS) is 11.9. The van der Waals surface area contributed by atoms with Gasteiger partial charge in [-0.2, -0.15) is 0 Å². The standard InChI is InChI=1S/C25H20O2/c26-24-16-14-21(15-17-24)19-8-6-18(7-9-19)20-10-12-23(13-11-20)25(27)22-4-2-1-3-5-22/h1-17,25-27H. The Labute approximate surface area is 159 Å². The van der Waals surface area contributed by atoms with Crippen molar-refractivity contribution in [3.8, 4) is 28.0 Å². The number of rotatable bonds is 4. The molecule has 1 atom stereocenters. The van der Waals surface area contributed by atoms with E-state index in [1.54, 1.807) is 12.1 Å². The first kappa shape index (κ1) is 17.1. The fourth-order valence-corrected chi connectivity index (χ4v) is 3.19. The van der Waals surface area contributed by atoms with E-state index in [1.807, 2.05) is 66.7 Å². The van der Waals surface area contributed by atoms with Gasteiger partial charge >= 0.3 is 0 Å². The summed E-state index contributed by atoms with van der Waals surface area (Å²) in [6.45, 7) is 0. The van der Waals surface area contributed by atoms with Crippen LogP contribution in [0.4, 0.5) is 0 Å². The van der Waals surface area contributed by atoms with E-state index in [0.717, 1.165) is 33.4 Å². The molecule has 0 spiro atoms. The van der Waals surface area contributed by atoms with Gasteiger partial charge in [0.05, 0.1) is 0 Å². The van der Waals surface area contributed by atoms with Crippen molar-refractivity contribution in [3.63, 3.8) is 0 Å². The van der Waals surface area contributed by atoms with Crippen LogP contribution < -0.4 is 0 Å². The van der Waals surface area contributed by atoms with Crippen LogP contribution in [0.25, 0.3) is 22.3 Å². The molecule has 4 aromatic carbocycles. The van der Waals surface area contributed by atoms with Crippen molar-refractivity contribution < 1.29 is 10.2 Å². The molecule has 2 N–H and O–H groups in total. The van der Waals surface area contributed by atoms with Crippen LogP contribution in [0.3, 0.4) is 0 Å². The van der Waals surface area contributed by atoms with Crippen molar-refractivity contribution in [3.05, 3.63) is 114 Å². The molecule has 0 aliphatic rings. The van der Waals surface area contributed by atoms with Gasteiger partial charge in [0.1, 0.15) is 11.9 Å². The monoisotopic (exact) mass is 352 g/mol. The summed E-state index contributed by atoms with van der Waals surface area (Å²) in [4.78, 5) is 0. The van der Waals surface area contributed by atoms with E-state index in [0.29, 0.717) is 0 Å². The number of phenols is 1.